The van der Waals surface area contributed by atoms with Crippen molar-refractivity contribution in [3.63, 3.8) is 0 Å². The Hall–Kier alpha value is -1.38. The maximum absolute atomic E-state index is 5.74. The van der Waals surface area contributed by atoms with Gasteiger partial charge in [-0.15, -0.1) is 0 Å². The molecule has 3 heteroatoms. The largest absolute Gasteiger partial charge is 0.494 e. The highest BCUT2D eigenvalue weighted by Crippen LogP contribution is 2.33. The van der Waals surface area contributed by atoms with Gasteiger partial charge in [0.25, 0.3) is 0 Å². The summed E-state index contributed by atoms with van der Waals surface area (Å²) in [4.78, 5) is 0. The molecule has 0 bridgehead atoms. The molecule has 21 heavy (non-hydrogen) atoms. The number of hydrogen-bond acceptors (Lipinski definition) is 3. The van der Waals surface area contributed by atoms with Crippen molar-refractivity contribution < 1.29 is 9.47 Å². The number of hydrogen-bond donors (Lipinski definition) is 1. The van der Waals surface area contributed by atoms with Crippen molar-refractivity contribution in [1.82, 2.24) is 0 Å². The Bertz CT molecular complexity index is 427. The third-order valence-electron chi connectivity index (χ3n) is 4.30. The summed E-state index contributed by atoms with van der Waals surface area (Å²) in [6.07, 6.45) is 6.81. The predicted molar refractivity (Wildman–Crippen MR) is 88.4 cm³/mol. The Morgan fingerprint density at radius 3 is 2.48 bits per heavy atom. The SMILES string of the molecule is CCOc1ccc(OCC)c(NC(C)C2CCCCC2)c1. The molecule has 0 heterocycles. The molecular formula is C18H29NO2. The Balaban J connectivity index is 2.09. The van der Waals surface area contributed by atoms with Crippen molar-refractivity contribution in [2.24, 2.45) is 5.92 Å². The fourth-order valence-electron chi connectivity index (χ4n) is 3.16. The molecule has 1 saturated carbocycles. The lowest BCUT2D eigenvalue weighted by Crippen LogP contribution is -2.27. The van der Waals surface area contributed by atoms with Crippen LogP contribution in [-0.2, 0) is 0 Å². The van der Waals surface area contributed by atoms with Gasteiger partial charge in [-0.3, -0.25) is 0 Å². The number of nitrogens with one attached hydrogen (secondary N) is 1. The third-order valence-corrected chi connectivity index (χ3v) is 4.30. The zero-order valence-electron chi connectivity index (χ0n) is 13.7. The Kier molecular flexibility index (Phi) is 6.21. The van der Waals surface area contributed by atoms with Gasteiger partial charge in [0, 0.05) is 12.1 Å². The number of ether oxygens (including phenoxy) is 2. The van der Waals surface area contributed by atoms with E-state index >= 15 is 0 Å². The van der Waals surface area contributed by atoms with Crippen molar-refractivity contribution in [1.29, 1.82) is 0 Å². The van der Waals surface area contributed by atoms with E-state index in [4.69, 9.17) is 9.47 Å². The van der Waals surface area contributed by atoms with Crippen molar-refractivity contribution in [3.05, 3.63) is 18.2 Å². The van der Waals surface area contributed by atoms with E-state index in [0.29, 0.717) is 19.3 Å². The predicted octanol–water partition coefficient (Wildman–Crippen LogP) is 4.86. The quantitative estimate of drug-likeness (QED) is 0.778. The molecule has 2 rings (SSSR count). The highest BCUT2D eigenvalue weighted by Gasteiger charge is 2.21. The maximum Gasteiger partial charge on any atom is 0.142 e. The molecule has 0 spiro atoms. The summed E-state index contributed by atoms with van der Waals surface area (Å²) in [6.45, 7) is 7.68. The first-order valence-electron chi connectivity index (χ1n) is 8.40. The standard InChI is InChI=1S/C18H29NO2/c1-4-20-16-11-12-18(21-5-2)17(13-16)19-14(3)15-9-7-6-8-10-15/h11-15,19H,4-10H2,1-3H3. The normalized spacial score (nSPS) is 17.3. The molecule has 1 N–H and O–H groups in total. The van der Waals surface area contributed by atoms with Gasteiger partial charge in [0.1, 0.15) is 11.5 Å². The molecule has 1 fully saturated rings. The van der Waals surface area contributed by atoms with Crippen LogP contribution in [0.4, 0.5) is 5.69 Å². The summed E-state index contributed by atoms with van der Waals surface area (Å²) in [5, 5.41) is 3.66. The van der Waals surface area contributed by atoms with Gasteiger partial charge in [0.2, 0.25) is 0 Å². The number of anilines is 1. The van der Waals surface area contributed by atoms with E-state index in [-0.39, 0.29) is 0 Å². The molecule has 0 radical (unpaired) electrons. The number of benzene rings is 1. The average molecular weight is 291 g/mol. The van der Waals surface area contributed by atoms with Crippen LogP contribution in [0, 0.1) is 5.92 Å². The second-order valence-electron chi connectivity index (χ2n) is 5.86. The smallest absolute Gasteiger partial charge is 0.142 e. The lowest BCUT2D eigenvalue weighted by molar-refractivity contribution is 0.321. The summed E-state index contributed by atoms with van der Waals surface area (Å²) >= 11 is 0. The summed E-state index contributed by atoms with van der Waals surface area (Å²) in [5.74, 6) is 2.59. The van der Waals surface area contributed by atoms with Crippen LogP contribution in [0.5, 0.6) is 11.5 Å². The van der Waals surface area contributed by atoms with Crippen molar-refractivity contribution >= 4 is 5.69 Å². The van der Waals surface area contributed by atoms with Crippen LogP contribution in [-0.4, -0.2) is 19.3 Å². The highest BCUT2D eigenvalue weighted by molar-refractivity contribution is 5.60. The van der Waals surface area contributed by atoms with Crippen LogP contribution in [0.15, 0.2) is 18.2 Å². The van der Waals surface area contributed by atoms with Gasteiger partial charge >= 0.3 is 0 Å². The summed E-state index contributed by atoms with van der Waals surface area (Å²) in [6, 6.07) is 6.52. The van der Waals surface area contributed by atoms with Crippen molar-refractivity contribution in [2.75, 3.05) is 18.5 Å². The Labute approximate surface area is 129 Å². The highest BCUT2D eigenvalue weighted by atomic mass is 16.5. The molecule has 1 aliphatic carbocycles. The van der Waals surface area contributed by atoms with Crippen LogP contribution in [0.25, 0.3) is 0 Å². The van der Waals surface area contributed by atoms with Gasteiger partial charge in [-0.1, -0.05) is 19.3 Å². The Morgan fingerprint density at radius 1 is 1.10 bits per heavy atom. The molecule has 3 nitrogen and oxygen atoms in total. The van der Waals surface area contributed by atoms with E-state index in [2.05, 4.69) is 18.3 Å². The third kappa shape index (κ3) is 4.55. The van der Waals surface area contributed by atoms with Gasteiger partial charge in [-0.2, -0.15) is 0 Å². The molecule has 0 aliphatic heterocycles. The lowest BCUT2D eigenvalue weighted by atomic mass is 9.84. The first-order valence-corrected chi connectivity index (χ1v) is 8.40. The van der Waals surface area contributed by atoms with Crippen LogP contribution in [0.1, 0.15) is 52.9 Å². The molecule has 1 aromatic carbocycles. The van der Waals surface area contributed by atoms with Crippen LogP contribution in [0.3, 0.4) is 0 Å². The molecule has 1 aromatic rings. The molecule has 1 unspecified atom stereocenters. The van der Waals surface area contributed by atoms with Gasteiger partial charge < -0.3 is 14.8 Å². The van der Waals surface area contributed by atoms with E-state index in [1.165, 1.54) is 32.1 Å². The van der Waals surface area contributed by atoms with E-state index in [1.54, 1.807) is 0 Å². The minimum absolute atomic E-state index is 0.474. The average Bonchev–Trinajstić information content (AvgIpc) is 2.51. The summed E-state index contributed by atoms with van der Waals surface area (Å²) in [5.41, 5.74) is 1.06. The van der Waals surface area contributed by atoms with Crippen molar-refractivity contribution in [2.45, 2.75) is 58.9 Å². The van der Waals surface area contributed by atoms with Crippen LogP contribution < -0.4 is 14.8 Å². The molecule has 1 atom stereocenters. The summed E-state index contributed by atoms with van der Waals surface area (Å²) in [7, 11) is 0. The van der Waals surface area contributed by atoms with E-state index in [0.717, 1.165) is 23.1 Å². The minimum atomic E-state index is 0.474. The molecule has 0 saturated heterocycles. The second kappa shape index (κ2) is 8.16. The monoisotopic (exact) mass is 291 g/mol. The number of rotatable bonds is 7. The fourth-order valence-corrected chi connectivity index (χ4v) is 3.16. The Morgan fingerprint density at radius 2 is 1.81 bits per heavy atom. The first-order chi connectivity index (χ1) is 10.2. The molecule has 118 valence electrons. The molecule has 0 amide bonds. The summed E-state index contributed by atoms with van der Waals surface area (Å²) < 4.78 is 11.4. The van der Waals surface area contributed by atoms with E-state index in [1.807, 2.05) is 26.0 Å². The van der Waals surface area contributed by atoms with Crippen molar-refractivity contribution in [3.8, 4) is 11.5 Å². The van der Waals surface area contributed by atoms with Gasteiger partial charge in [0.15, 0.2) is 0 Å². The zero-order valence-corrected chi connectivity index (χ0v) is 13.7. The van der Waals surface area contributed by atoms with Crippen LogP contribution >= 0.6 is 0 Å². The lowest BCUT2D eigenvalue weighted by Gasteiger charge is -2.29. The van der Waals surface area contributed by atoms with Gasteiger partial charge in [-0.25, -0.2) is 0 Å². The fraction of sp³-hybridized carbons (Fsp3) is 0.667. The topological polar surface area (TPSA) is 30.5 Å². The maximum atomic E-state index is 5.74. The molecule has 0 aromatic heterocycles. The zero-order chi connectivity index (χ0) is 15.1. The first kappa shape index (κ1) is 16.0. The van der Waals surface area contributed by atoms with E-state index in [9.17, 15) is 0 Å². The second-order valence-corrected chi connectivity index (χ2v) is 5.86. The minimum Gasteiger partial charge on any atom is -0.494 e. The molecule has 1 aliphatic rings. The van der Waals surface area contributed by atoms with Gasteiger partial charge in [0.05, 0.1) is 18.9 Å². The van der Waals surface area contributed by atoms with Crippen LogP contribution in [0.2, 0.25) is 0 Å². The van der Waals surface area contributed by atoms with E-state index < -0.39 is 0 Å². The van der Waals surface area contributed by atoms with Gasteiger partial charge in [-0.05, 0) is 51.7 Å². The molecular weight excluding hydrogens is 262 g/mol.